The molecule has 1 aromatic heterocycles. The van der Waals surface area contributed by atoms with Gasteiger partial charge in [0.1, 0.15) is 5.75 Å². The highest BCUT2D eigenvalue weighted by atomic mass is 32.1. The fraction of sp³-hybridized carbons (Fsp3) is 0.118. The van der Waals surface area contributed by atoms with Crippen LogP contribution in [0.3, 0.4) is 0 Å². The SMILES string of the molecule is CCOc1ccc(-c2n[nH]c(=S)n2/N=C\c2ccc(F)c(F)c2)cc1. The van der Waals surface area contributed by atoms with E-state index in [9.17, 15) is 8.78 Å². The molecule has 1 heterocycles. The Hall–Kier alpha value is -2.87. The van der Waals surface area contributed by atoms with E-state index in [0.717, 1.165) is 23.4 Å². The first kappa shape index (κ1) is 17.0. The van der Waals surface area contributed by atoms with Crippen LogP contribution in [-0.4, -0.2) is 27.7 Å². The lowest BCUT2D eigenvalue weighted by Gasteiger charge is -2.04. The Bertz CT molecular complexity index is 964. The van der Waals surface area contributed by atoms with Gasteiger partial charge in [-0.2, -0.15) is 14.9 Å². The van der Waals surface area contributed by atoms with Crippen molar-refractivity contribution in [3.05, 3.63) is 64.4 Å². The predicted octanol–water partition coefficient (Wildman–Crippen LogP) is 4.17. The van der Waals surface area contributed by atoms with Crippen molar-refractivity contribution in [3.63, 3.8) is 0 Å². The third kappa shape index (κ3) is 3.80. The van der Waals surface area contributed by atoms with Gasteiger partial charge in [0.25, 0.3) is 0 Å². The molecule has 128 valence electrons. The lowest BCUT2D eigenvalue weighted by atomic mass is 10.2. The molecule has 0 atom stereocenters. The van der Waals surface area contributed by atoms with Crippen molar-refractivity contribution < 1.29 is 13.5 Å². The van der Waals surface area contributed by atoms with Gasteiger partial charge >= 0.3 is 0 Å². The van der Waals surface area contributed by atoms with Gasteiger partial charge in [0.15, 0.2) is 17.5 Å². The zero-order valence-electron chi connectivity index (χ0n) is 13.2. The maximum atomic E-state index is 13.3. The molecule has 25 heavy (non-hydrogen) atoms. The summed E-state index contributed by atoms with van der Waals surface area (Å²) in [6.45, 7) is 2.49. The van der Waals surface area contributed by atoms with E-state index in [0.29, 0.717) is 18.0 Å². The van der Waals surface area contributed by atoms with Crippen molar-refractivity contribution in [2.45, 2.75) is 6.92 Å². The van der Waals surface area contributed by atoms with Gasteiger partial charge in [0.2, 0.25) is 4.77 Å². The second-order valence-electron chi connectivity index (χ2n) is 5.04. The molecule has 2 aromatic carbocycles. The Labute approximate surface area is 147 Å². The van der Waals surface area contributed by atoms with Crippen LogP contribution in [0.5, 0.6) is 5.75 Å². The first-order chi connectivity index (χ1) is 12.1. The number of nitrogens with zero attached hydrogens (tertiary/aromatic N) is 3. The van der Waals surface area contributed by atoms with E-state index >= 15 is 0 Å². The Balaban J connectivity index is 1.92. The molecule has 0 aliphatic rings. The third-order valence-electron chi connectivity index (χ3n) is 3.34. The molecule has 3 rings (SSSR count). The molecule has 0 amide bonds. The molecule has 0 spiro atoms. The lowest BCUT2D eigenvalue weighted by Crippen LogP contribution is -1.96. The van der Waals surface area contributed by atoms with Gasteiger partial charge in [-0.15, -0.1) is 0 Å². The van der Waals surface area contributed by atoms with E-state index < -0.39 is 11.6 Å². The zero-order chi connectivity index (χ0) is 17.8. The number of aromatic nitrogens is 3. The molecule has 0 unspecified atom stereocenters. The summed E-state index contributed by atoms with van der Waals surface area (Å²) in [5, 5.41) is 11.0. The van der Waals surface area contributed by atoms with Gasteiger partial charge in [-0.25, -0.2) is 13.9 Å². The fourth-order valence-electron chi connectivity index (χ4n) is 2.17. The van der Waals surface area contributed by atoms with Crippen molar-refractivity contribution in [1.82, 2.24) is 14.9 Å². The van der Waals surface area contributed by atoms with E-state index in [4.69, 9.17) is 17.0 Å². The molecule has 0 bridgehead atoms. The number of benzene rings is 2. The number of nitrogens with one attached hydrogen (secondary N) is 1. The molecule has 0 saturated carbocycles. The van der Waals surface area contributed by atoms with E-state index in [2.05, 4.69) is 15.3 Å². The average Bonchev–Trinajstić information content (AvgIpc) is 2.98. The third-order valence-corrected chi connectivity index (χ3v) is 3.60. The smallest absolute Gasteiger partial charge is 0.216 e. The van der Waals surface area contributed by atoms with Crippen molar-refractivity contribution in [1.29, 1.82) is 0 Å². The molecule has 0 radical (unpaired) electrons. The minimum absolute atomic E-state index is 0.280. The van der Waals surface area contributed by atoms with E-state index in [1.54, 1.807) is 0 Å². The highest BCUT2D eigenvalue weighted by Crippen LogP contribution is 2.21. The molecule has 0 saturated heterocycles. The Kier molecular flexibility index (Phi) is 4.99. The van der Waals surface area contributed by atoms with Crippen molar-refractivity contribution in [2.24, 2.45) is 5.10 Å². The second-order valence-corrected chi connectivity index (χ2v) is 5.43. The first-order valence-corrected chi connectivity index (χ1v) is 7.89. The summed E-state index contributed by atoms with van der Waals surface area (Å²) in [7, 11) is 0. The number of H-pyrrole nitrogens is 1. The van der Waals surface area contributed by atoms with Gasteiger partial charge in [0, 0.05) is 5.56 Å². The fourth-order valence-corrected chi connectivity index (χ4v) is 2.35. The zero-order valence-corrected chi connectivity index (χ0v) is 14.1. The van der Waals surface area contributed by atoms with Crippen molar-refractivity contribution in [3.8, 4) is 17.1 Å². The summed E-state index contributed by atoms with van der Waals surface area (Å²) in [4.78, 5) is 0. The summed E-state index contributed by atoms with van der Waals surface area (Å²) in [6, 6.07) is 10.8. The number of rotatable bonds is 5. The minimum atomic E-state index is -0.938. The van der Waals surface area contributed by atoms with Crippen LogP contribution in [0.1, 0.15) is 12.5 Å². The molecule has 5 nitrogen and oxygen atoms in total. The van der Waals surface area contributed by atoms with Gasteiger partial charge in [0.05, 0.1) is 12.8 Å². The molecule has 0 aliphatic heterocycles. The quantitative estimate of drug-likeness (QED) is 0.549. The molecule has 0 fully saturated rings. The van der Waals surface area contributed by atoms with Crippen molar-refractivity contribution in [2.75, 3.05) is 6.61 Å². The van der Waals surface area contributed by atoms with Crippen LogP contribution in [0.4, 0.5) is 8.78 Å². The second kappa shape index (κ2) is 7.35. The molecule has 0 aliphatic carbocycles. The van der Waals surface area contributed by atoms with Crippen LogP contribution in [0.2, 0.25) is 0 Å². The summed E-state index contributed by atoms with van der Waals surface area (Å²) < 4.78 is 33.4. The predicted molar refractivity (Wildman–Crippen MR) is 93.4 cm³/mol. The van der Waals surface area contributed by atoms with Crippen LogP contribution in [-0.2, 0) is 0 Å². The minimum Gasteiger partial charge on any atom is -0.494 e. The van der Waals surface area contributed by atoms with E-state index in [-0.39, 0.29) is 4.77 Å². The maximum absolute atomic E-state index is 13.3. The number of hydrogen-bond acceptors (Lipinski definition) is 4. The molecule has 8 heteroatoms. The maximum Gasteiger partial charge on any atom is 0.216 e. The molecule has 1 N–H and O–H groups in total. The number of ether oxygens (including phenoxy) is 1. The van der Waals surface area contributed by atoms with Gasteiger partial charge in [-0.05, 0) is 61.1 Å². The van der Waals surface area contributed by atoms with Crippen LogP contribution >= 0.6 is 12.2 Å². The number of halogens is 2. The van der Waals surface area contributed by atoms with E-state index in [1.807, 2.05) is 31.2 Å². The number of aromatic amines is 1. The summed E-state index contributed by atoms with van der Waals surface area (Å²) in [6.07, 6.45) is 1.38. The highest BCUT2D eigenvalue weighted by molar-refractivity contribution is 7.71. The topological polar surface area (TPSA) is 55.2 Å². The Morgan fingerprint density at radius 2 is 1.96 bits per heavy atom. The number of hydrogen-bond donors (Lipinski definition) is 1. The van der Waals surface area contributed by atoms with Crippen LogP contribution in [0.15, 0.2) is 47.6 Å². The van der Waals surface area contributed by atoms with Gasteiger partial charge in [-0.3, -0.25) is 0 Å². The van der Waals surface area contributed by atoms with Gasteiger partial charge in [-0.1, -0.05) is 6.07 Å². The Morgan fingerprint density at radius 1 is 1.20 bits per heavy atom. The normalized spacial score (nSPS) is 11.2. The highest BCUT2D eigenvalue weighted by Gasteiger charge is 2.08. The Morgan fingerprint density at radius 3 is 2.64 bits per heavy atom. The molecular formula is C17H14F2N4OS. The standard InChI is InChI=1S/C17H14F2N4OS/c1-2-24-13-6-4-12(5-7-13)16-21-22-17(25)23(16)20-10-11-3-8-14(18)15(19)9-11/h3-10H,2H2,1H3,(H,22,25)/b20-10-. The summed E-state index contributed by atoms with van der Waals surface area (Å²) in [5.74, 6) is -0.609. The van der Waals surface area contributed by atoms with Crippen LogP contribution in [0, 0.1) is 16.4 Å². The average molecular weight is 360 g/mol. The van der Waals surface area contributed by atoms with Crippen LogP contribution in [0.25, 0.3) is 11.4 Å². The summed E-state index contributed by atoms with van der Waals surface area (Å²) in [5.41, 5.74) is 1.18. The summed E-state index contributed by atoms with van der Waals surface area (Å²) >= 11 is 5.17. The molecule has 3 aromatic rings. The monoisotopic (exact) mass is 360 g/mol. The van der Waals surface area contributed by atoms with Crippen molar-refractivity contribution >= 4 is 18.4 Å². The molecular weight excluding hydrogens is 346 g/mol. The largest absolute Gasteiger partial charge is 0.494 e. The van der Waals surface area contributed by atoms with E-state index in [1.165, 1.54) is 17.0 Å². The lowest BCUT2D eigenvalue weighted by molar-refractivity contribution is 0.340. The van der Waals surface area contributed by atoms with Gasteiger partial charge < -0.3 is 4.74 Å². The first-order valence-electron chi connectivity index (χ1n) is 7.48. The van der Waals surface area contributed by atoms with Crippen LogP contribution < -0.4 is 4.74 Å².